The first-order valence-corrected chi connectivity index (χ1v) is 8.09. The van der Waals surface area contributed by atoms with Crippen molar-refractivity contribution in [2.45, 2.75) is 19.3 Å². The average molecular weight is 208 g/mol. The molecule has 14 heavy (non-hydrogen) atoms. The zero-order valence-electron chi connectivity index (χ0n) is 9.04. The summed E-state index contributed by atoms with van der Waals surface area (Å²) in [5, 5.41) is 0. The Morgan fingerprint density at radius 2 is 1.71 bits per heavy atom. The topological polar surface area (TPSA) is 0 Å². The monoisotopic (exact) mass is 208 g/mol. The SMILES string of the molecule is CS1(CCc2ccccc2)CCCC1. The standard InChI is InChI=1S/C13H20S/c1-14(10-5-6-11-14)12-9-13-7-3-2-4-8-13/h2-4,7-8H,5-6,9-12H2,1H3. The lowest BCUT2D eigenvalue weighted by Gasteiger charge is -2.30. The van der Waals surface area contributed by atoms with Crippen LogP contribution in [-0.4, -0.2) is 23.5 Å². The van der Waals surface area contributed by atoms with Crippen LogP contribution < -0.4 is 0 Å². The molecule has 0 bridgehead atoms. The van der Waals surface area contributed by atoms with Crippen LogP contribution >= 0.6 is 10.0 Å². The lowest BCUT2D eigenvalue weighted by molar-refractivity contribution is 0.949. The first kappa shape index (κ1) is 10.1. The molecule has 78 valence electrons. The molecule has 0 spiro atoms. The molecule has 0 nitrogen and oxygen atoms in total. The van der Waals surface area contributed by atoms with Gasteiger partial charge in [-0.1, -0.05) is 30.3 Å². The van der Waals surface area contributed by atoms with E-state index in [1.165, 1.54) is 42.1 Å². The molecule has 1 aromatic rings. The maximum Gasteiger partial charge on any atom is -0.0190 e. The van der Waals surface area contributed by atoms with Crippen LogP contribution in [0.15, 0.2) is 30.3 Å². The molecule has 1 heterocycles. The lowest BCUT2D eigenvalue weighted by Crippen LogP contribution is -2.07. The minimum atomic E-state index is -0.202. The van der Waals surface area contributed by atoms with E-state index in [9.17, 15) is 0 Å². The zero-order chi connectivity index (χ0) is 9.86. The second kappa shape index (κ2) is 4.39. The van der Waals surface area contributed by atoms with Crippen LogP contribution in [0.25, 0.3) is 0 Å². The quantitative estimate of drug-likeness (QED) is 0.713. The predicted octanol–water partition coefficient (Wildman–Crippen LogP) is 3.46. The van der Waals surface area contributed by atoms with E-state index in [4.69, 9.17) is 0 Å². The Balaban J connectivity index is 1.88. The van der Waals surface area contributed by atoms with Crippen molar-refractivity contribution < 1.29 is 0 Å². The summed E-state index contributed by atoms with van der Waals surface area (Å²) in [7, 11) is -0.202. The first-order chi connectivity index (χ1) is 6.79. The van der Waals surface area contributed by atoms with E-state index >= 15 is 0 Å². The second-order valence-corrected chi connectivity index (χ2v) is 8.72. The molecule has 0 unspecified atom stereocenters. The molecule has 0 amide bonds. The third kappa shape index (κ3) is 2.54. The summed E-state index contributed by atoms with van der Waals surface area (Å²) in [5.41, 5.74) is 1.52. The molecule has 1 saturated heterocycles. The van der Waals surface area contributed by atoms with Gasteiger partial charge in [0.1, 0.15) is 0 Å². The van der Waals surface area contributed by atoms with Crippen molar-refractivity contribution in [3.63, 3.8) is 0 Å². The van der Waals surface area contributed by atoms with E-state index in [0.29, 0.717) is 0 Å². The van der Waals surface area contributed by atoms with E-state index in [1.54, 1.807) is 0 Å². The number of hydrogen-bond acceptors (Lipinski definition) is 0. The normalized spacial score (nSPS) is 22.1. The van der Waals surface area contributed by atoms with Crippen molar-refractivity contribution in [3.8, 4) is 0 Å². The summed E-state index contributed by atoms with van der Waals surface area (Å²) in [6.07, 6.45) is 6.82. The van der Waals surface area contributed by atoms with Crippen LogP contribution in [0.5, 0.6) is 0 Å². The van der Waals surface area contributed by atoms with Gasteiger partial charge in [0.2, 0.25) is 0 Å². The number of hydrogen-bond donors (Lipinski definition) is 0. The molecule has 1 heteroatoms. The molecule has 0 aliphatic carbocycles. The fourth-order valence-electron chi connectivity index (χ4n) is 2.22. The minimum Gasteiger partial charge on any atom is -0.243 e. The Bertz CT molecular complexity index is 273. The van der Waals surface area contributed by atoms with Crippen molar-refractivity contribution in [2.24, 2.45) is 0 Å². The summed E-state index contributed by atoms with van der Waals surface area (Å²) in [6.45, 7) is 0. The lowest BCUT2D eigenvalue weighted by atomic mass is 10.2. The highest BCUT2D eigenvalue weighted by Crippen LogP contribution is 2.50. The van der Waals surface area contributed by atoms with Crippen LogP contribution in [0.4, 0.5) is 0 Å². The minimum absolute atomic E-state index is 0.202. The fourth-order valence-corrected chi connectivity index (χ4v) is 5.36. The van der Waals surface area contributed by atoms with Gasteiger partial charge in [0.15, 0.2) is 0 Å². The average Bonchev–Trinajstić information content (AvgIpc) is 2.65. The van der Waals surface area contributed by atoms with Gasteiger partial charge in [0.05, 0.1) is 0 Å². The Kier molecular flexibility index (Phi) is 3.17. The van der Waals surface area contributed by atoms with Crippen LogP contribution in [0.2, 0.25) is 0 Å². The summed E-state index contributed by atoms with van der Waals surface area (Å²) >= 11 is 0. The van der Waals surface area contributed by atoms with Crippen LogP contribution in [0.3, 0.4) is 0 Å². The summed E-state index contributed by atoms with van der Waals surface area (Å²) in [4.78, 5) is 0. The van der Waals surface area contributed by atoms with Gasteiger partial charge in [-0.2, -0.15) is 0 Å². The van der Waals surface area contributed by atoms with Crippen molar-refractivity contribution >= 4 is 10.0 Å². The van der Waals surface area contributed by atoms with Gasteiger partial charge >= 0.3 is 0 Å². The van der Waals surface area contributed by atoms with Gasteiger partial charge in [0.25, 0.3) is 0 Å². The van der Waals surface area contributed by atoms with Crippen LogP contribution in [0, 0.1) is 0 Å². The van der Waals surface area contributed by atoms with Crippen molar-refractivity contribution in [2.75, 3.05) is 23.5 Å². The van der Waals surface area contributed by atoms with Gasteiger partial charge in [-0.25, -0.2) is 10.0 Å². The maximum absolute atomic E-state index is 2.54. The number of aryl methyl sites for hydroxylation is 1. The van der Waals surface area contributed by atoms with Gasteiger partial charge in [-0.15, -0.1) is 0 Å². The molecular weight excluding hydrogens is 188 g/mol. The molecule has 0 N–H and O–H groups in total. The smallest absolute Gasteiger partial charge is 0.0190 e. The van der Waals surface area contributed by atoms with Crippen LogP contribution in [0.1, 0.15) is 18.4 Å². The molecule has 1 aromatic carbocycles. The predicted molar refractivity (Wildman–Crippen MR) is 67.5 cm³/mol. The summed E-state index contributed by atoms with van der Waals surface area (Å²) < 4.78 is 0. The summed E-state index contributed by atoms with van der Waals surface area (Å²) in [5.74, 6) is 4.51. The van der Waals surface area contributed by atoms with E-state index in [0.717, 1.165) is 0 Å². The summed E-state index contributed by atoms with van der Waals surface area (Å²) in [6, 6.07) is 10.9. The highest BCUT2D eigenvalue weighted by atomic mass is 32.3. The molecule has 1 fully saturated rings. The van der Waals surface area contributed by atoms with Gasteiger partial charge < -0.3 is 0 Å². The Morgan fingerprint density at radius 3 is 2.36 bits per heavy atom. The Morgan fingerprint density at radius 1 is 1.07 bits per heavy atom. The van der Waals surface area contributed by atoms with Gasteiger partial charge in [-0.05, 0) is 48.3 Å². The molecule has 1 aliphatic rings. The molecular formula is C13H20S. The maximum atomic E-state index is 2.54. The van der Waals surface area contributed by atoms with Gasteiger partial charge in [0, 0.05) is 0 Å². The van der Waals surface area contributed by atoms with Crippen molar-refractivity contribution in [3.05, 3.63) is 35.9 Å². The largest absolute Gasteiger partial charge is 0.243 e. The number of rotatable bonds is 3. The Labute approximate surface area is 89.0 Å². The molecule has 2 rings (SSSR count). The van der Waals surface area contributed by atoms with E-state index in [-0.39, 0.29) is 10.0 Å². The molecule has 1 aliphatic heterocycles. The molecule has 0 atom stereocenters. The highest BCUT2D eigenvalue weighted by molar-refractivity contribution is 8.33. The first-order valence-electron chi connectivity index (χ1n) is 5.54. The third-order valence-electron chi connectivity index (χ3n) is 3.25. The zero-order valence-corrected chi connectivity index (χ0v) is 9.85. The molecule has 0 radical (unpaired) electrons. The Hall–Kier alpha value is -0.430. The van der Waals surface area contributed by atoms with Crippen molar-refractivity contribution in [1.29, 1.82) is 0 Å². The highest BCUT2D eigenvalue weighted by Gasteiger charge is 2.22. The fraction of sp³-hybridized carbons (Fsp3) is 0.538. The second-order valence-electron chi connectivity index (χ2n) is 4.53. The van der Waals surface area contributed by atoms with Crippen LogP contribution in [-0.2, 0) is 6.42 Å². The van der Waals surface area contributed by atoms with E-state index in [1.807, 2.05) is 0 Å². The van der Waals surface area contributed by atoms with E-state index < -0.39 is 0 Å². The van der Waals surface area contributed by atoms with E-state index in [2.05, 4.69) is 36.6 Å². The third-order valence-corrected chi connectivity index (χ3v) is 6.99. The van der Waals surface area contributed by atoms with Crippen molar-refractivity contribution in [1.82, 2.24) is 0 Å². The molecule has 0 aromatic heterocycles. The van der Waals surface area contributed by atoms with Gasteiger partial charge in [-0.3, -0.25) is 0 Å². The molecule has 0 saturated carbocycles. The number of benzene rings is 1.